The average Bonchev–Trinajstić information content (AvgIpc) is 3.05. The van der Waals surface area contributed by atoms with Crippen LogP contribution in [0.1, 0.15) is 61.8 Å². The highest BCUT2D eigenvalue weighted by atomic mass is 28.3. The fourth-order valence-electron chi connectivity index (χ4n) is 4.30. The summed E-state index contributed by atoms with van der Waals surface area (Å²) >= 11 is 0. The highest BCUT2D eigenvalue weighted by Gasteiger charge is 2.34. The maximum absolute atomic E-state index is 2.74. The minimum atomic E-state index is -1.52. The molecular weight excluding hydrogens is 340 g/mol. The van der Waals surface area contributed by atoms with Crippen LogP contribution in [0.3, 0.4) is 0 Å². The van der Waals surface area contributed by atoms with E-state index in [1.54, 1.807) is 0 Å². The fourth-order valence-corrected chi connectivity index (χ4v) is 9.03. The normalized spacial score (nSPS) is 15.6. The van der Waals surface area contributed by atoms with Crippen LogP contribution >= 0.6 is 0 Å². The zero-order chi connectivity index (χ0) is 19.3. The van der Waals surface area contributed by atoms with E-state index >= 15 is 0 Å². The van der Waals surface area contributed by atoms with Gasteiger partial charge in [-0.25, -0.2) is 0 Å². The molecule has 0 amide bonds. The van der Waals surface area contributed by atoms with Crippen LogP contribution in [-0.4, -0.2) is 8.07 Å². The number of benzene rings is 2. The molecule has 0 N–H and O–H groups in total. The average molecular weight is 375 g/mol. The SMILES string of the molecule is CCCC[Si]1(CCCC)C=C(c2cccc(C)c2)C(c2cccc(C)c2)=C1. The van der Waals surface area contributed by atoms with Crippen LogP contribution in [-0.2, 0) is 0 Å². The predicted octanol–water partition coefficient (Wildman–Crippen LogP) is 7.91. The lowest BCUT2D eigenvalue weighted by Crippen LogP contribution is -2.28. The predicted molar refractivity (Wildman–Crippen MR) is 123 cm³/mol. The van der Waals surface area contributed by atoms with Gasteiger partial charge in [0.25, 0.3) is 0 Å². The van der Waals surface area contributed by atoms with E-state index in [0.717, 1.165) is 0 Å². The Balaban J connectivity index is 2.11. The first kappa shape index (κ1) is 19.9. The molecule has 0 saturated heterocycles. The molecule has 1 heteroatoms. The van der Waals surface area contributed by atoms with Crippen molar-refractivity contribution in [2.45, 2.75) is 65.5 Å². The largest absolute Gasteiger partial charge is 0.103 e. The molecule has 1 aliphatic rings. The van der Waals surface area contributed by atoms with Crippen LogP contribution in [0.25, 0.3) is 11.1 Å². The van der Waals surface area contributed by atoms with Gasteiger partial charge in [-0.15, -0.1) is 0 Å². The van der Waals surface area contributed by atoms with Gasteiger partial charge in [-0.1, -0.05) is 123 Å². The lowest BCUT2D eigenvalue weighted by atomic mass is 9.93. The summed E-state index contributed by atoms with van der Waals surface area (Å²) in [6.45, 7) is 9.06. The molecule has 1 heterocycles. The minimum absolute atomic E-state index is 1.29. The highest BCUT2D eigenvalue weighted by molar-refractivity contribution is 6.92. The van der Waals surface area contributed by atoms with Gasteiger partial charge in [0.2, 0.25) is 0 Å². The summed E-state index contributed by atoms with van der Waals surface area (Å²) in [5.41, 5.74) is 13.9. The highest BCUT2D eigenvalue weighted by Crippen LogP contribution is 2.43. The molecule has 27 heavy (non-hydrogen) atoms. The Labute approximate surface area is 167 Å². The van der Waals surface area contributed by atoms with Crippen molar-refractivity contribution < 1.29 is 0 Å². The van der Waals surface area contributed by atoms with Crippen LogP contribution in [0.2, 0.25) is 12.1 Å². The van der Waals surface area contributed by atoms with Crippen molar-refractivity contribution in [3.05, 3.63) is 82.2 Å². The number of hydrogen-bond donors (Lipinski definition) is 0. The van der Waals surface area contributed by atoms with Crippen molar-refractivity contribution in [1.29, 1.82) is 0 Å². The topological polar surface area (TPSA) is 0 Å². The summed E-state index contributed by atoms with van der Waals surface area (Å²) in [7, 11) is -1.52. The molecule has 0 saturated carbocycles. The van der Waals surface area contributed by atoms with Crippen molar-refractivity contribution >= 4 is 19.2 Å². The number of hydrogen-bond acceptors (Lipinski definition) is 0. The molecule has 0 aromatic heterocycles. The minimum Gasteiger partial charge on any atom is -0.0819 e. The molecular formula is C26H34Si. The van der Waals surface area contributed by atoms with Crippen LogP contribution in [0.5, 0.6) is 0 Å². The Hall–Kier alpha value is -1.86. The summed E-state index contributed by atoms with van der Waals surface area (Å²) < 4.78 is 0. The second kappa shape index (κ2) is 8.88. The molecule has 1 aliphatic heterocycles. The van der Waals surface area contributed by atoms with E-state index in [9.17, 15) is 0 Å². The van der Waals surface area contributed by atoms with Crippen molar-refractivity contribution in [3.63, 3.8) is 0 Å². The van der Waals surface area contributed by atoms with Crippen molar-refractivity contribution in [1.82, 2.24) is 0 Å². The van der Waals surface area contributed by atoms with Crippen LogP contribution in [0.4, 0.5) is 0 Å². The maximum atomic E-state index is 2.74. The van der Waals surface area contributed by atoms with Gasteiger partial charge in [-0.05, 0) is 36.1 Å². The summed E-state index contributed by atoms with van der Waals surface area (Å²) in [6, 6.07) is 20.9. The van der Waals surface area contributed by atoms with Gasteiger partial charge in [0.05, 0.1) is 0 Å². The Morgan fingerprint density at radius 3 is 1.48 bits per heavy atom. The quantitative estimate of drug-likeness (QED) is 0.412. The molecule has 3 rings (SSSR count). The van der Waals surface area contributed by atoms with E-state index in [-0.39, 0.29) is 0 Å². The third kappa shape index (κ3) is 4.71. The number of unbranched alkanes of at least 4 members (excludes halogenated alkanes) is 2. The Kier molecular flexibility index (Phi) is 6.54. The number of rotatable bonds is 8. The first-order valence-corrected chi connectivity index (χ1v) is 13.2. The summed E-state index contributed by atoms with van der Waals surface area (Å²) in [6.07, 6.45) is 5.29. The first-order valence-electron chi connectivity index (χ1n) is 10.7. The molecule has 2 aromatic rings. The maximum Gasteiger partial charge on any atom is 0.103 e. The van der Waals surface area contributed by atoms with Gasteiger partial charge in [0.1, 0.15) is 8.07 Å². The molecule has 0 fully saturated rings. The summed E-state index contributed by atoms with van der Waals surface area (Å²) in [4.78, 5) is 0. The van der Waals surface area contributed by atoms with Gasteiger partial charge in [0.15, 0.2) is 0 Å². The van der Waals surface area contributed by atoms with E-state index < -0.39 is 8.07 Å². The van der Waals surface area contributed by atoms with Crippen LogP contribution < -0.4 is 0 Å². The standard InChI is InChI=1S/C26H34Si/c1-5-7-15-27(16-8-6-2)19-25(23-13-9-11-21(3)17-23)26(20-27)24-14-10-12-22(4)18-24/h9-14,17-20H,5-8,15-16H2,1-4H3. The zero-order valence-electron chi connectivity index (χ0n) is 17.5. The first-order chi connectivity index (χ1) is 13.1. The monoisotopic (exact) mass is 374 g/mol. The van der Waals surface area contributed by atoms with Crippen LogP contribution in [0.15, 0.2) is 59.9 Å². The second-order valence-electron chi connectivity index (χ2n) is 8.30. The summed E-state index contributed by atoms with van der Waals surface area (Å²) in [5, 5.41) is 0. The van der Waals surface area contributed by atoms with Crippen LogP contribution in [0, 0.1) is 13.8 Å². The van der Waals surface area contributed by atoms with Crippen molar-refractivity contribution in [3.8, 4) is 0 Å². The molecule has 2 aromatic carbocycles. The second-order valence-corrected chi connectivity index (χ2v) is 12.3. The molecule has 142 valence electrons. The fraction of sp³-hybridized carbons (Fsp3) is 0.385. The van der Waals surface area contributed by atoms with E-state index in [1.807, 2.05) is 0 Å². The molecule has 0 unspecified atom stereocenters. The zero-order valence-corrected chi connectivity index (χ0v) is 18.5. The van der Waals surface area contributed by atoms with Gasteiger partial charge < -0.3 is 0 Å². The Bertz CT molecular complexity index is 769. The van der Waals surface area contributed by atoms with Gasteiger partial charge in [0, 0.05) is 0 Å². The molecule has 0 radical (unpaired) electrons. The molecule has 0 spiro atoms. The number of allylic oxidation sites excluding steroid dienone is 2. The van der Waals surface area contributed by atoms with E-state index in [4.69, 9.17) is 0 Å². The molecule has 0 bridgehead atoms. The van der Waals surface area contributed by atoms with E-state index in [0.29, 0.717) is 0 Å². The van der Waals surface area contributed by atoms with Crippen molar-refractivity contribution in [2.24, 2.45) is 0 Å². The lowest BCUT2D eigenvalue weighted by Gasteiger charge is -2.22. The Morgan fingerprint density at radius 1 is 0.667 bits per heavy atom. The van der Waals surface area contributed by atoms with E-state index in [2.05, 4.69) is 87.6 Å². The third-order valence-electron chi connectivity index (χ3n) is 5.80. The van der Waals surface area contributed by atoms with Gasteiger partial charge >= 0.3 is 0 Å². The van der Waals surface area contributed by atoms with Gasteiger partial charge in [-0.3, -0.25) is 0 Å². The Morgan fingerprint density at radius 2 is 1.11 bits per heavy atom. The molecule has 0 atom stereocenters. The van der Waals surface area contributed by atoms with Crippen molar-refractivity contribution in [2.75, 3.05) is 0 Å². The molecule has 0 aliphatic carbocycles. The molecule has 0 nitrogen and oxygen atoms in total. The lowest BCUT2D eigenvalue weighted by molar-refractivity contribution is 0.837. The van der Waals surface area contributed by atoms with E-state index in [1.165, 1.54) is 71.2 Å². The smallest absolute Gasteiger partial charge is 0.0819 e. The third-order valence-corrected chi connectivity index (χ3v) is 10.1. The number of aryl methyl sites for hydroxylation is 2. The summed E-state index contributed by atoms with van der Waals surface area (Å²) in [5.74, 6) is 0. The van der Waals surface area contributed by atoms with Gasteiger partial charge in [-0.2, -0.15) is 0 Å².